The Kier molecular flexibility index (Phi) is 18.7. The minimum Gasteiger partial charge on any atom is -0.475 e. The minimum absolute atomic E-state index is 0. The van der Waals surface area contributed by atoms with Crippen LogP contribution in [0.25, 0.3) is 0 Å². The van der Waals surface area contributed by atoms with Gasteiger partial charge in [-0.1, -0.05) is 94.9 Å². The summed E-state index contributed by atoms with van der Waals surface area (Å²) in [6, 6.07) is 26.9. The highest BCUT2D eigenvalue weighted by molar-refractivity contribution is 9.10. The molecule has 17 nitrogen and oxygen atoms in total. The number of hydrogen-bond donors (Lipinski definition) is 4. The first-order valence-corrected chi connectivity index (χ1v) is 23.1. The summed E-state index contributed by atoms with van der Waals surface area (Å²) < 4.78 is 39.4. The normalized spacial score (nSPS) is 16.2. The van der Waals surface area contributed by atoms with Crippen molar-refractivity contribution < 1.29 is 51.8 Å². The van der Waals surface area contributed by atoms with E-state index < -0.39 is 47.1 Å². The number of carbonyl (C=O) groups is 7. The second-order valence-corrected chi connectivity index (χ2v) is 17.7. The summed E-state index contributed by atoms with van der Waals surface area (Å²) in [5.74, 6) is -0.848. The van der Waals surface area contributed by atoms with Crippen molar-refractivity contribution in [2.75, 3.05) is 35.8 Å². The molecule has 7 aromatic rings. The molecule has 4 N–H and O–H groups in total. The van der Waals surface area contributed by atoms with Crippen molar-refractivity contribution in [3.63, 3.8) is 0 Å². The number of carboxylic acid groups (broad SMARTS) is 1. The zero-order valence-corrected chi connectivity index (χ0v) is 40.5. The number of aromatic amines is 3. The van der Waals surface area contributed by atoms with Crippen molar-refractivity contribution in [1.29, 1.82) is 0 Å². The Morgan fingerprint density at radius 3 is 1.32 bits per heavy atom. The highest BCUT2D eigenvalue weighted by Crippen LogP contribution is 2.33. The molecular weight excluding hydrogens is 1050 g/mol. The van der Waals surface area contributed by atoms with Crippen LogP contribution < -0.4 is 14.7 Å². The number of Topliss-reactive ketones (excluding diaryl/α,β-unsaturated/α-hetero) is 3. The third-order valence-electron chi connectivity index (χ3n) is 12.2. The van der Waals surface area contributed by atoms with Crippen LogP contribution in [0.3, 0.4) is 0 Å². The molecule has 3 atom stereocenters. The van der Waals surface area contributed by atoms with Crippen molar-refractivity contribution >= 4 is 74.4 Å². The fourth-order valence-electron chi connectivity index (χ4n) is 8.28. The van der Waals surface area contributed by atoms with Crippen molar-refractivity contribution in [2.24, 2.45) is 17.8 Å². The van der Waals surface area contributed by atoms with Gasteiger partial charge in [0.15, 0.2) is 45.4 Å². The number of amides is 3. The van der Waals surface area contributed by atoms with E-state index in [0.29, 0.717) is 39.9 Å². The lowest BCUT2D eigenvalue weighted by molar-refractivity contribution is -0.121. The van der Waals surface area contributed by atoms with Crippen LogP contribution in [-0.2, 0) is 40.1 Å². The lowest BCUT2D eigenvalue weighted by Gasteiger charge is -2.26. The molecule has 0 saturated carbocycles. The van der Waals surface area contributed by atoms with Gasteiger partial charge in [0.1, 0.15) is 52.3 Å². The average molecular weight is 1100 g/mol. The molecule has 0 spiro atoms. The van der Waals surface area contributed by atoms with Crippen LogP contribution in [-0.4, -0.2) is 97.2 Å². The Morgan fingerprint density at radius 2 is 0.908 bits per heavy atom. The molecule has 21 heteroatoms. The van der Waals surface area contributed by atoms with E-state index in [4.69, 9.17) is 5.11 Å². The summed E-state index contributed by atoms with van der Waals surface area (Å²) >= 11 is 3.16. The summed E-state index contributed by atoms with van der Waals surface area (Å²) in [5.41, 5.74) is 3.76. The molecule has 3 unspecified atom stereocenters. The van der Waals surface area contributed by atoms with E-state index in [-0.39, 0.29) is 93.8 Å². The summed E-state index contributed by atoms with van der Waals surface area (Å²) in [4.78, 5) is 111. The number of aromatic nitrogens is 6. The summed E-state index contributed by atoms with van der Waals surface area (Å²) in [5, 5.41) is 8.96. The van der Waals surface area contributed by atoms with Crippen molar-refractivity contribution in [2.45, 2.75) is 48.0 Å². The lowest BCUT2D eigenvalue weighted by Crippen LogP contribution is -2.43. The fraction of sp³-hybridized carbons (Fsp3) is 0.236. The molecule has 10 rings (SSSR count). The minimum atomic E-state index is -1.32. The van der Waals surface area contributed by atoms with Gasteiger partial charge in [-0.25, -0.2) is 32.9 Å². The van der Waals surface area contributed by atoms with Crippen LogP contribution in [0, 0.1) is 47.0 Å². The number of hydrogen-bond acceptors (Lipinski definition) is 10. The van der Waals surface area contributed by atoms with Crippen LogP contribution in [0.4, 0.5) is 30.6 Å². The molecule has 394 valence electrons. The number of H-pyrrole nitrogens is 3. The topological polar surface area (TPSA) is 235 Å². The standard InChI is InChI=1S/C23H18FN3O2.C15H12FN3O4.C14H11BrFN3O2.3CH4/c1-27-22-20(25-19(26-22)9-5-8-15-6-3-2-4-7-15)21(28)18(23(27)29)14-16-10-12-17(24)13-11-16;1-19-13-10(17-12(18-13)15(22)23)11(20)9(14(19)21)6-7-2-4-8(16)5-3-7;1-19-12-10(17-14(15)18-12)11(20)9(13(19)21)6-7-2-4-8(16)5-3-7;;;/h2-4,6-7,10-13,18H,8,14H2,1H3,(H,25,26);2-5,9H,6H2,1H3,(H,17,18)(H,22,23);2-5,9H,6H2,1H3,(H,17,18);3*1H4. The first-order valence-electron chi connectivity index (χ1n) is 22.3. The van der Waals surface area contributed by atoms with Crippen LogP contribution in [0.2, 0.25) is 0 Å². The fourth-order valence-corrected chi connectivity index (χ4v) is 8.64. The van der Waals surface area contributed by atoms with Gasteiger partial charge in [-0.3, -0.25) is 43.5 Å². The molecular formula is C55H53BrF3N9O8. The third-order valence-corrected chi connectivity index (χ3v) is 12.5. The number of anilines is 3. The Hall–Kier alpha value is -8.77. The molecule has 0 radical (unpaired) electrons. The SMILES string of the molecule is C.C.C.CN1C(=O)C(Cc2ccc(F)cc2)C(=O)c2[nH]c(Br)nc21.CN1C(=O)C(Cc2ccc(F)cc2)C(=O)c2[nH]c(C#CCc3ccccc3)nc21.CN1C(=O)C(Cc2ccc(F)cc2)C(=O)c2[nH]c(C(=O)O)nc21. The van der Waals surface area contributed by atoms with Crippen LogP contribution >= 0.6 is 15.9 Å². The smallest absolute Gasteiger partial charge is 0.371 e. The lowest BCUT2D eigenvalue weighted by atomic mass is 9.89. The van der Waals surface area contributed by atoms with Gasteiger partial charge < -0.3 is 20.1 Å². The summed E-state index contributed by atoms with van der Waals surface area (Å²) in [7, 11) is 4.60. The Bertz CT molecular complexity index is 3370. The number of halogens is 4. The number of benzene rings is 4. The van der Waals surface area contributed by atoms with E-state index >= 15 is 0 Å². The molecule has 0 bridgehead atoms. The highest BCUT2D eigenvalue weighted by atomic mass is 79.9. The Labute approximate surface area is 444 Å². The maximum Gasteiger partial charge on any atom is 0.371 e. The highest BCUT2D eigenvalue weighted by Gasteiger charge is 2.43. The van der Waals surface area contributed by atoms with E-state index in [1.807, 2.05) is 30.3 Å². The van der Waals surface area contributed by atoms with Gasteiger partial charge in [0.25, 0.3) is 0 Å². The second-order valence-electron chi connectivity index (χ2n) is 17.0. The quantitative estimate of drug-likeness (QED) is 0.0830. The van der Waals surface area contributed by atoms with Gasteiger partial charge in [0.05, 0.1) is 0 Å². The van der Waals surface area contributed by atoms with Gasteiger partial charge in [-0.2, -0.15) is 0 Å². The van der Waals surface area contributed by atoms with Gasteiger partial charge in [0.2, 0.25) is 23.5 Å². The Balaban J connectivity index is 0.000000209. The van der Waals surface area contributed by atoms with Gasteiger partial charge in [-0.15, -0.1) is 0 Å². The number of nitrogens with zero attached hydrogens (tertiary/aromatic N) is 6. The first kappa shape index (κ1) is 58.1. The summed E-state index contributed by atoms with van der Waals surface area (Å²) in [6.45, 7) is 0. The molecule has 76 heavy (non-hydrogen) atoms. The number of nitrogens with one attached hydrogen (secondary N) is 3. The monoisotopic (exact) mass is 1100 g/mol. The molecule has 3 aromatic heterocycles. The van der Waals surface area contributed by atoms with Crippen LogP contribution in [0.5, 0.6) is 0 Å². The maximum atomic E-state index is 13.1. The van der Waals surface area contributed by atoms with E-state index in [1.165, 1.54) is 65.4 Å². The predicted octanol–water partition coefficient (Wildman–Crippen LogP) is 8.66. The zero-order valence-electron chi connectivity index (χ0n) is 38.9. The van der Waals surface area contributed by atoms with Crippen molar-refractivity contribution in [3.05, 3.63) is 176 Å². The molecule has 0 fully saturated rings. The molecule has 0 aliphatic carbocycles. The van der Waals surface area contributed by atoms with Crippen LogP contribution in [0.1, 0.15) is 92.4 Å². The maximum absolute atomic E-state index is 13.1. The van der Waals surface area contributed by atoms with Gasteiger partial charge in [-0.05, 0) is 99.8 Å². The van der Waals surface area contributed by atoms with Crippen molar-refractivity contribution in [3.8, 4) is 11.8 Å². The van der Waals surface area contributed by atoms with E-state index in [1.54, 1.807) is 38.4 Å². The van der Waals surface area contributed by atoms with E-state index in [9.17, 15) is 46.7 Å². The molecule has 6 heterocycles. The Morgan fingerprint density at radius 1 is 0.539 bits per heavy atom. The third kappa shape index (κ3) is 12.4. The molecule has 3 amide bonds. The molecule has 4 aromatic carbocycles. The molecule has 3 aliphatic heterocycles. The largest absolute Gasteiger partial charge is 0.475 e. The zero-order chi connectivity index (χ0) is 52.2. The number of imidazole rings is 3. The number of carboxylic acids is 1. The van der Waals surface area contributed by atoms with Gasteiger partial charge in [0, 0.05) is 27.6 Å². The first-order chi connectivity index (χ1) is 34.9. The number of fused-ring (bicyclic) bond motifs is 3. The molecule has 3 aliphatic rings. The number of rotatable bonds is 8. The number of ketones is 3. The van der Waals surface area contributed by atoms with E-state index in [0.717, 1.165) is 21.6 Å². The van der Waals surface area contributed by atoms with E-state index in [2.05, 4.69) is 57.7 Å². The van der Waals surface area contributed by atoms with Gasteiger partial charge >= 0.3 is 5.97 Å². The van der Waals surface area contributed by atoms with Crippen LogP contribution in [0.15, 0.2) is 108 Å². The van der Waals surface area contributed by atoms with Crippen molar-refractivity contribution in [1.82, 2.24) is 29.9 Å². The average Bonchev–Trinajstić information content (AvgIpc) is 4.14. The summed E-state index contributed by atoms with van der Waals surface area (Å²) in [6.07, 6.45) is 1.10. The molecule has 0 saturated heterocycles. The predicted molar refractivity (Wildman–Crippen MR) is 282 cm³/mol. The second kappa shape index (κ2) is 24.5. The number of carbonyl (C=O) groups excluding carboxylic acids is 6. The number of aromatic carboxylic acids is 1.